The van der Waals surface area contributed by atoms with Gasteiger partial charge in [-0.25, -0.2) is 13.9 Å². The molecule has 1 aromatic carbocycles. The van der Waals surface area contributed by atoms with Crippen molar-refractivity contribution in [3.63, 3.8) is 0 Å². The van der Waals surface area contributed by atoms with Crippen molar-refractivity contribution >= 4 is 28.3 Å². The Labute approximate surface area is 200 Å². The molecule has 1 unspecified atom stereocenters. The van der Waals surface area contributed by atoms with Crippen LogP contribution in [0.5, 0.6) is 5.75 Å². The number of nitrogens with one attached hydrogen (secondary N) is 1. The van der Waals surface area contributed by atoms with Gasteiger partial charge in [-0.2, -0.15) is 4.31 Å². The van der Waals surface area contributed by atoms with Crippen molar-refractivity contribution in [1.29, 1.82) is 0 Å². The number of rotatable bonds is 9. The van der Waals surface area contributed by atoms with E-state index in [1.54, 1.807) is 49.2 Å². The summed E-state index contributed by atoms with van der Waals surface area (Å²) in [6, 6.07) is 8.33. The summed E-state index contributed by atoms with van der Waals surface area (Å²) in [6.07, 6.45) is 5.83. The molecule has 1 amide bonds. The molecule has 11 heteroatoms. The second-order valence-electron chi connectivity index (χ2n) is 7.77. The first-order valence-corrected chi connectivity index (χ1v) is 11.9. The number of methoxy groups -OCH3 is 2. The third-order valence-corrected chi connectivity index (χ3v) is 7.78. The molecular weight excluding hydrogens is 470 g/mol. The Morgan fingerprint density at radius 1 is 1.12 bits per heavy atom. The quantitative estimate of drug-likeness (QED) is 0.402. The van der Waals surface area contributed by atoms with Crippen LogP contribution in [0.15, 0.2) is 53.7 Å². The molecular formula is C22H30ClN3O6S. The lowest BCUT2D eigenvalue weighted by atomic mass is 9.82. The van der Waals surface area contributed by atoms with Crippen LogP contribution >= 0.6 is 12.4 Å². The number of carbonyl (C=O) groups is 1. The van der Waals surface area contributed by atoms with E-state index in [0.717, 1.165) is 0 Å². The molecule has 2 N–H and O–H groups in total. The Morgan fingerprint density at radius 2 is 1.73 bits per heavy atom. The molecule has 1 atom stereocenters. The number of pyridine rings is 1. The summed E-state index contributed by atoms with van der Waals surface area (Å²) in [7, 11) is -0.950. The topological polar surface area (TPSA) is 118 Å². The molecule has 3 rings (SSSR count). The summed E-state index contributed by atoms with van der Waals surface area (Å²) in [5.74, 6) is -0.507. The largest absolute Gasteiger partial charge is 0.497 e. The van der Waals surface area contributed by atoms with Gasteiger partial charge in [0.2, 0.25) is 10.0 Å². The summed E-state index contributed by atoms with van der Waals surface area (Å²) in [5.41, 5.74) is 2.37. The number of hydrogen-bond acceptors (Lipinski definition) is 7. The van der Waals surface area contributed by atoms with E-state index in [4.69, 9.17) is 9.47 Å². The van der Waals surface area contributed by atoms with Crippen LogP contribution < -0.4 is 10.2 Å². The standard InChI is InChI=1S/C22H29N3O6S.ClH/c1-30-18-5-3-17(4-6-18)21(22(26)24-27)25(15-16-11-13-23-14-12-16)32(28,29)20-9-7-19(31-2)8-10-20;/h7-14,17-18,21,27H,3-6,15H2,1-2H3,(H,24,26);1H. The van der Waals surface area contributed by atoms with Crippen molar-refractivity contribution in [2.24, 2.45) is 5.92 Å². The Kier molecular flexibility index (Phi) is 10.1. The van der Waals surface area contributed by atoms with E-state index < -0.39 is 22.0 Å². The van der Waals surface area contributed by atoms with Gasteiger partial charge >= 0.3 is 0 Å². The number of ether oxygens (including phenoxy) is 2. The van der Waals surface area contributed by atoms with Gasteiger partial charge in [0, 0.05) is 26.0 Å². The minimum absolute atomic E-state index is 0. The van der Waals surface area contributed by atoms with Crippen molar-refractivity contribution in [2.75, 3.05) is 14.2 Å². The average Bonchev–Trinajstić information content (AvgIpc) is 2.84. The number of sulfonamides is 1. The maximum atomic E-state index is 13.7. The Bertz CT molecular complexity index is 983. The van der Waals surface area contributed by atoms with E-state index in [2.05, 4.69) is 4.98 Å². The van der Waals surface area contributed by atoms with Gasteiger partial charge in [0.15, 0.2) is 0 Å². The fourth-order valence-corrected chi connectivity index (χ4v) is 5.81. The highest BCUT2D eigenvalue weighted by molar-refractivity contribution is 7.89. The summed E-state index contributed by atoms with van der Waals surface area (Å²) in [4.78, 5) is 16.9. The fourth-order valence-electron chi connectivity index (χ4n) is 4.17. The van der Waals surface area contributed by atoms with Gasteiger partial charge in [-0.1, -0.05) is 0 Å². The van der Waals surface area contributed by atoms with Gasteiger partial charge in [-0.05, 0) is 73.6 Å². The number of aromatic nitrogens is 1. The normalized spacial score (nSPS) is 19.4. The lowest BCUT2D eigenvalue weighted by molar-refractivity contribution is -0.136. The second kappa shape index (κ2) is 12.3. The zero-order valence-corrected chi connectivity index (χ0v) is 20.2. The highest BCUT2D eigenvalue weighted by atomic mass is 35.5. The van der Waals surface area contributed by atoms with Crippen LogP contribution in [-0.4, -0.2) is 55.2 Å². The van der Waals surface area contributed by atoms with E-state index in [-0.39, 0.29) is 35.9 Å². The third-order valence-electron chi connectivity index (χ3n) is 5.94. The monoisotopic (exact) mass is 499 g/mol. The van der Waals surface area contributed by atoms with Crippen LogP contribution in [0.4, 0.5) is 0 Å². The average molecular weight is 500 g/mol. The van der Waals surface area contributed by atoms with E-state index in [9.17, 15) is 18.4 Å². The van der Waals surface area contributed by atoms with E-state index in [1.807, 2.05) is 0 Å². The minimum atomic E-state index is -4.09. The van der Waals surface area contributed by atoms with Crippen molar-refractivity contribution < 1.29 is 27.9 Å². The van der Waals surface area contributed by atoms with Gasteiger partial charge in [0.25, 0.3) is 5.91 Å². The van der Waals surface area contributed by atoms with E-state index in [1.165, 1.54) is 23.5 Å². The van der Waals surface area contributed by atoms with Crippen LogP contribution in [0.25, 0.3) is 0 Å². The molecule has 0 aliphatic heterocycles. The molecule has 1 heterocycles. The van der Waals surface area contributed by atoms with Crippen LogP contribution in [0, 0.1) is 5.92 Å². The molecule has 0 spiro atoms. The van der Waals surface area contributed by atoms with Crippen molar-refractivity contribution in [3.05, 3.63) is 54.4 Å². The smallest absolute Gasteiger partial charge is 0.262 e. The third kappa shape index (κ3) is 6.42. The molecule has 1 aromatic heterocycles. The number of halogens is 1. The van der Waals surface area contributed by atoms with Gasteiger partial charge in [0.1, 0.15) is 11.8 Å². The highest BCUT2D eigenvalue weighted by Crippen LogP contribution is 2.34. The summed E-state index contributed by atoms with van der Waals surface area (Å²) in [5, 5.41) is 9.48. The maximum Gasteiger partial charge on any atom is 0.262 e. The predicted octanol–water partition coefficient (Wildman–Crippen LogP) is 2.78. The first-order chi connectivity index (χ1) is 15.4. The van der Waals surface area contributed by atoms with E-state index >= 15 is 0 Å². The number of hydrogen-bond donors (Lipinski definition) is 2. The number of amides is 1. The van der Waals surface area contributed by atoms with Crippen LogP contribution in [-0.2, 0) is 26.1 Å². The fraction of sp³-hybridized carbons (Fsp3) is 0.455. The Morgan fingerprint density at radius 3 is 2.24 bits per heavy atom. The molecule has 1 fully saturated rings. The Hall–Kier alpha value is -2.24. The van der Waals surface area contributed by atoms with Crippen molar-refractivity contribution in [3.8, 4) is 5.75 Å². The number of hydroxylamine groups is 1. The van der Waals surface area contributed by atoms with Gasteiger partial charge in [0.05, 0.1) is 18.1 Å². The SMILES string of the molecule is COc1ccc(S(=O)(=O)N(Cc2ccncc2)C(C(=O)NO)C2CCC(OC)CC2)cc1.Cl. The van der Waals surface area contributed by atoms with Crippen molar-refractivity contribution in [1.82, 2.24) is 14.8 Å². The zero-order valence-electron chi connectivity index (χ0n) is 18.6. The number of benzene rings is 1. The molecule has 0 radical (unpaired) electrons. The maximum absolute atomic E-state index is 13.7. The van der Waals surface area contributed by atoms with Crippen molar-refractivity contribution in [2.45, 2.75) is 49.3 Å². The zero-order chi connectivity index (χ0) is 23.1. The molecule has 9 nitrogen and oxygen atoms in total. The highest BCUT2D eigenvalue weighted by Gasteiger charge is 2.42. The first-order valence-electron chi connectivity index (χ1n) is 10.4. The molecule has 182 valence electrons. The molecule has 0 saturated heterocycles. The van der Waals surface area contributed by atoms with Gasteiger partial charge < -0.3 is 9.47 Å². The Balaban J connectivity index is 0.00000385. The molecule has 1 aliphatic rings. The molecule has 1 saturated carbocycles. The molecule has 1 aliphatic carbocycles. The first kappa shape index (κ1) is 27.0. The van der Waals surface area contributed by atoms with Crippen LogP contribution in [0.2, 0.25) is 0 Å². The second-order valence-corrected chi connectivity index (χ2v) is 9.67. The van der Waals surface area contributed by atoms with Crippen LogP contribution in [0.3, 0.4) is 0 Å². The van der Waals surface area contributed by atoms with E-state index in [0.29, 0.717) is 37.0 Å². The number of nitrogens with zero attached hydrogens (tertiary/aromatic N) is 2. The summed E-state index contributed by atoms with van der Waals surface area (Å²) >= 11 is 0. The number of carbonyl (C=O) groups excluding carboxylic acids is 1. The van der Waals surface area contributed by atoms with Gasteiger partial charge in [-0.15, -0.1) is 12.4 Å². The molecule has 2 aromatic rings. The predicted molar refractivity (Wildman–Crippen MR) is 124 cm³/mol. The molecule has 33 heavy (non-hydrogen) atoms. The summed E-state index contributed by atoms with van der Waals surface area (Å²) in [6.45, 7) is -0.0425. The lowest BCUT2D eigenvalue weighted by Crippen LogP contribution is -2.53. The van der Waals surface area contributed by atoms with Gasteiger partial charge in [-0.3, -0.25) is 15.0 Å². The minimum Gasteiger partial charge on any atom is -0.497 e. The summed E-state index contributed by atoms with van der Waals surface area (Å²) < 4.78 is 39.2. The van der Waals surface area contributed by atoms with Crippen LogP contribution in [0.1, 0.15) is 31.2 Å². The lowest BCUT2D eigenvalue weighted by Gasteiger charge is -2.38. The molecule has 0 bridgehead atoms.